The second kappa shape index (κ2) is 4.86. The lowest BCUT2D eigenvalue weighted by molar-refractivity contribution is -0.385. The average molecular weight is 269 g/mol. The van der Waals surface area contributed by atoms with Gasteiger partial charge in [0.25, 0.3) is 5.69 Å². The Labute approximate surface area is 111 Å². The van der Waals surface area contributed by atoms with E-state index in [1.165, 1.54) is 6.07 Å². The van der Waals surface area contributed by atoms with Crippen molar-refractivity contribution in [1.82, 2.24) is 0 Å². The zero-order valence-corrected chi connectivity index (χ0v) is 11.1. The molecule has 0 saturated heterocycles. The van der Waals surface area contributed by atoms with Gasteiger partial charge in [0, 0.05) is 22.2 Å². The van der Waals surface area contributed by atoms with Crippen LogP contribution in [-0.4, -0.2) is 10.5 Å². The zero-order chi connectivity index (χ0) is 13.3. The third kappa shape index (κ3) is 2.82. The molecule has 5 heteroatoms. The summed E-state index contributed by atoms with van der Waals surface area (Å²) in [5, 5.41) is 11.4. The molecule has 1 aromatic carbocycles. The summed E-state index contributed by atoms with van der Waals surface area (Å²) in [6.45, 7) is 2.17. The normalized spacial score (nSPS) is 27.4. The fourth-order valence-electron chi connectivity index (χ4n) is 2.83. The summed E-state index contributed by atoms with van der Waals surface area (Å²) in [5.41, 5.74) is 6.78. The molecule has 1 aromatic rings. The maximum absolute atomic E-state index is 11.0. The molecule has 0 heterocycles. The minimum absolute atomic E-state index is 0.0758. The number of nitro groups is 1. The van der Waals surface area contributed by atoms with Gasteiger partial charge in [0.05, 0.1) is 4.92 Å². The van der Waals surface area contributed by atoms with E-state index in [1.807, 2.05) is 0 Å². The Morgan fingerprint density at radius 2 is 2.33 bits per heavy atom. The highest BCUT2D eigenvalue weighted by Crippen LogP contribution is 2.36. The summed E-state index contributed by atoms with van der Waals surface area (Å²) in [4.78, 5) is 10.6. The molecular weight excluding hydrogens is 252 g/mol. The molecule has 18 heavy (non-hydrogen) atoms. The summed E-state index contributed by atoms with van der Waals surface area (Å²) in [6.07, 6.45) is 3.49. The standard InChI is InChI=1S/C13H17ClN2O2/c1-9-4-5-13(15,7-9)8-10-2-3-11(14)6-12(10)16(17)18/h2-3,6,9H,4-5,7-8,15H2,1H3. The fraction of sp³-hybridized carbons (Fsp3) is 0.538. The first-order chi connectivity index (χ1) is 8.39. The molecule has 4 nitrogen and oxygen atoms in total. The first-order valence-electron chi connectivity index (χ1n) is 6.11. The predicted molar refractivity (Wildman–Crippen MR) is 71.7 cm³/mol. The number of hydrogen-bond acceptors (Lipinski definition) is 3. The molecule has 0 amide bonds. The number of nitrogens with zero attached hydrogens (tertiary/aromatic N) is 1. The molecule has 2 unspecified atom stereocenters. The molecule has 98 valence electrons. The molecule has 0 aromatic heterocycles. The summed E-state index contributed by atoms with van der Waals surface area (Å²) < 4.78 is 0. The molecule has 1 saturated carbocycles. The Hall–Kier alpha value is -1.13. The highest BCUT2D eigenvalue weighted by Gasteiger charge is 2.35. The number of rotatable bonds is 3. The molecule has 0 radical (unpaired) electrons. The van der Waals surface area contributed by atoms with E-state index < -0.39 is 0 Å². The van der Waals surface area contributed by atoms with Crippen LogP contribution in [0.15, 0.2) is 18.2 Å². The second-order valence-corrected chi connectivity index (χ2v) is 5.85. The predicted octanol–water partition coefficient (Wildman–Crippen LogP) is 3.31. The molecule has 2 N–H and O–H groups in total. The smallest absolute Gasteiger partial charge is 0.274 e. The van der Waals surface area contributed by atoms with E-state index in [-0.39, 0.29) is 16.1 Å². The van der Waals surface area contributed by atoms with Gasteiger partial charge in [-0.2, -0.15) is 0 Å². The topological polar surface area (TPSA) is 69.2 Å². The van der Waals surface area contributed by atoms with Crippen molar-refractivity contribution in [2.24, 2.45) is 11.7 Å². The molecular formula is C13H17ClN2O2. The van der Waals surface area contributed by atoms with E-state index in [2.05, 4.69) is 6.92 Å². The van der Waals surface area contributed by atoms with Gasteiger partial charge in [-0.15, -0.1) is 0 Å². The SMILES string of the molecule is CC1CCC(N)(Cc2ccc(Cl)cc2[N+](=O)[O-])C1. The van der Waals surface area contributed by atoms with E-state index in [0.717, 1.165) is 19.3 Å². The van der Waals surface area contributed by atoms with Gasteiger partial charge in [0.15, 0.2) is 0 Å². The summed E-state index contributed by atoms with van der Waals surface area (Å²) >= 11 is 5.80. The first-order valence-corrected chi connectivity index (χ1v) is 6.49. The molecule has 0 aliphatic heterocycles. The lowest BCUT2D eigenvalue weighted by Gasteiger charge is -2.24. The van der Waals surface area contributed by atoms with Crippen molar-refractivity contribution in [2.45, 2.75) is 38.1 Å². The number of hydrogen-bond donors (Lipinski definition) is 1. The second-order valence-electron chi connectivity index (χ2n) is 5.42. The van der Waals surface area contributed by atoms with Gasteiger partial charge in [0.1, 0.15) is 0 Å². The summed E-state index contributed by atoms with van der Waals surface area (Å²) in [6, 6.07) is 4.81. The summed E-state index contributed by atoms with van der Waals surface area (Å²) in [7, 11) is 0. The van der Waals surface area contributed by atoms with Crippen LogP contribution in [0, 0.1) is 16.0 Å². The Kier molecular flexibility index (Phi) is 3.59. The number of nitro benzene ring substituents is 1. The molecule has 2 rings (SSSR count). The van der Waals surface area contributed by atoms with Crippen molar-refractivity contribution in [1.29, 1.82) is 0 Å². The minimum Gasteiger partial charge on any atom is -0.325 e. The third-order valence-electron chi connectivity index (χ3n) is 3.68. The molecule has 1 aliphatic carbocycles. The Bertz CT molecular complexity index is 478. The fourth-order valence-corrected chi connectivity index (χ4v) is 2.99. The van der Waals surface area contributed by atoms with Crippen LogP contribution in [0.3, 0.4) is 0 Å². The van der Waals surface area contributed by atoms with E-state index >= 15 is 0 Å². The van der Waals surface area contributed by atoms with Gasteiger partial charge in [-0.25, -0.2) is 0 Å². The molecule has 1 fully saturated rings. The van der Waals surface area contributed by atoms with Gasteiger partial charge in [-0.1, -0.05) is 24.6 Å². The lowest BCUT2D eigenvalue weighted by Crippen LogP contribution is -2.39. The average Bonchev–Trinajstić information content (AvgIpc) is 2.61. The molecule has 1 aliphatic rings. The van der Waals surface area contributed by atoms with Crippen LogP contribution < -0.4 is 5.73 Å². The van der Waals surface area contributed by atoms with Crippen LogP contribution in [0.1, 0.15) is 31.7 Å². The number of nitrogens with two attached hydrogens (primary N) is 1. The highest BCUT2D eigenvalue weighted by atomic mass is 35.5. The third-order valence-corrected chi connectivity index (χ3v) is 3.91. The Balaban J connectivity index is 2.26. The highest BCUT2D eigenvalue weighted by molar-refractivity contribution is 6.30. The van der Waals surface area contributed by atoms with E-state index in [4.69, 9.17) is 17.3 Å². The van der Waals surface area contributed by atoms with E-state index in [1.54, 1.807) is 12.1 Å². The van der Waals surface area contributed by atoms with Crippen LogP contribution in [0.4, 0.5) is 5.69 Å². The van der Waals surface area contributed by atoms with Gasteiger partial charge in [-0.3, -0.25) is 10.1 Å². The monoisotopic (exact) mass is 268 g/mol. The Morgan fingerprint density at radius 3 is 2.89 bits per heavy atom. The Morgan fingerprint density at radius 1 is 1.61 bits per heavy atom. The van der Waals surface area contributed by atoms with Crippen molar-refractivity contribution < 1.29 is 4.92 Å². The number of benzene rings is 1. The maximum Gasteiger partial charge on any atom is 0.274 e. The van der Waals surface area contributed by atoms with Crippen molar-refractivity contribution in [3.63, 3.8) is 0 Å². The van der Waals surface area contributed by atoms with E-state index in [9.17, 15) is 10.1 Å². The molecule has 0 spiro atoms. The van der Waals surface area contributed by atoms with Crippen LogP contribution in [0.5, 0.6) is 0 Å². The van der Waals surface area contributed by atoms with Crippen LogP contribution in [-0.2, 0) is 6.42 Å². The van der Waals surface area contributed by atoms with Gasteiger partial charge in [0.2, 0.25) is 0 Å². The first kappa shape index (κ1) is 13.3. The minimum atomic E-state index is -0.386. The van der Waals surface area contributed by atoms with Crippen LogP contribution in [0.25, 0.3) is 0 Å². The van der Waals surface area contributed by atoms with Crippen LogP contribution in [0.2, 0.25) is 5.02 Å². The van der Waals surface area contributed by atoms with E-state index in [0.29, 0.717) is 22.9 Å². The van der Waals surface area contributed by atoms with Crippen LogP contribution >= 0.6 is 11.6 Å². The van der Waals surface area contributed by atoms with Crippen molar-refractivity contribution in [3.05, 3.63) is 38.9 Å². The van der Waals surface area contributed by atoms with Crippen molar-refractivity contribution in [3.8, 4) is 0 Å². The van der Waals surface area contributed by atoms with Crippen molar-refractivity contribution in [2.75, 3.05) is 0 Å². The molecule has 0 bridgehead atoms. The largest absolute Gasteiger partial charge is 0.325 e. The molecule has 2 atom stereocenters. The quantitative estimate of drug-likeness (QED) is 0.675. The summed E-state index contributed by atoms with van der Waals surface area (Å²) in [5.74, 6) is 0.598. The number of halogens is 1. The van der Waals surface area contributed by atoms with Gasteiger partial charge < -0.3 is 5.73 Å². The van der Waals surface area contributed by atoms with Crippen molar-refractivity contribution >= 4 is 17.3 Å². The van der Waals surface area contributed by atoms with Gasteiger partial charge >= 0.3 is 0 Å². The maximum atomic E-state index is 11.0. The lowest BCUT2D eigenvalue weighted by atomic mass is 9.89. The zero-order valence-electron chi connectivity index (χ0n) is 10.4. The van der Waals surface area contributed by atoms with Gasteiger partial charge in [-0.05, 0) is 37.7 Å².